The van der Waals surface area contributed by atoms with E-state index in [2.05, 4.69) is 30.6 Å². The summed E-state index contributed by atoms with van der Waals surface area (Å²) in [6, 6.07) is 6.46. The van der Waals surface area contributed by atoms with Crippen molar-refractivity contribution >= 4 is 34.5 Å². The van der Waals surface area contributed by atoms with Crippen LogP contribution >= 0.6 is 22.7 Å². The molecule has 168 valence electrons. The van der Waals surface area contributed by atoms with Crippen LogP contribution in [0.3, 0.4) is 0 Å². The molecule has 0 saturated heterocycles. The molecule has 3 aromatic heterocycles. The van der Waals surface area contributed by atoms with E-state index in [0.29, 0.717) is 44.8 Å². The van der Waals surface area contributed by atoms with Crippen LogP contribution in [0.2, 0.25) is 0 Å². The van der Waals surface area contributed by atoms with Crippen LogP contribution in [0.25, 0.3) is 10.7 Å². The molecule has 4 rings (SSSR count). The Bertz CT molecular complexity index is 1270. The van der Waals surface area contributed by atoms with Crippen LogP contribution in [-0.2, 0) is 13.0 Å². The highest BCUT2D eigenvalue weighted by Gasteiger charge is 2.18. The first-order chi connectivity index (χ1) is 16.0. The van der Waals surface area contributed by atoms with Gasteiger partial charge in [-0.25, -0.2) is 14.4 Å². The van der Waals surface area contributed by atoms with Gasteiger partial charge in [-0.15, -0.1) is 22.7 Å². The fraction of sp³-hybridized carbons (Fsp3) is 0.182. The number of carbonyl (C=O) groups excluding carboxylic acids is 2. The van der Waals surface area contributed by atoms with Gasteiger partial charge in [0.25, 0.3) is 11.8 Å². The third-order valence-corrected chi connectivity index (χ3v) is 6.63. The number of nitrogens with zero attached hydrogens (tertiary/aromatic N) is 4. The standard InChI is InChI=1S/C22H19FN6O2S2/c1-13-19(33-22(28-13)16-10-24-8-9-25-16)21(31)27-11-18-29-17(12-32-18)20(30)26-7-6-14-4-2-3-5-15(14)23/h2-5,8-10,12H,6-7,11H2,1H3,(H,26,30)(H,27,31). The first-order valence-corrected chi connectivity index (χ1v) is 11.7. The highest BCUT2D eigenvalue weighted by atomic mass is 32.1. The summed E-state index contributed by atoms with van der Waals surface area (Å²) in [5.41, 5.74) is 2.01. The van der Waals surface area contributed by atoms with Crippen molar-refractivity contribution < 1.29 is 14.0 Å². The van der Waals surface area contributed by atoms with Crippen LogP contribution in [0, 0.1) is 12.7 Å². The van der Waals surface area contributed by atoms with E-state index in [9.17, 15) is 14.0 Å². The van der Waals surface area contributed by atoms with Crippen molar-refractivity contribution in [3.05, 3.63) is 80.9 Å². The third-order valence-electron chi connectivity index (χ3n) is 4.61. The molecule has 0 saturated carbocycles. The van der Waals surface area contributed by atoms with Crippen LogP contribution in [0.15, 0.2) is 48.2 Å². The maximum Gasteiger partial charge on any atom is 0.270 e. The molecule has 0 unspecified atom stereocenters. The molecule has 0 aliphatic rings. The number of hydrogen-bond acceptors (Lipinski definition) is 8. The number of nitrogens with one attached hydrogen (secondary N) is 2. The Labute approximate surface area is 197 Å². The lowest BCUT2D eigenvalue weighted by Crippen LogP contribution is -2.26. The molecule has 3 heterocycles. The van der Waals surface area contributed by atoms with Crippen LogP contribution < -0.4 is 10.6 Å². The number of amides is 2. The van der Waals surface area contributed by atoms with Gasteiger partial charge < -0.3 is 10.6 Å². The minimum Gasteiger partial charge on any atom is -0.350 e. The van der Waals surface area contributed by atoms with Crippen molar-refractivity contribution in [2.24, 2.45) is 0 Å². The van der Waals surface area contributed by atoms with E-state index in [0.717, 1.165) is 0 Å². The van der Waals surface area contributed by atoms with E-state index in [1.165, 1.54) is 28.7 Å². The van der Waals surface area contributed by atoms with Crippen molar-refractivity contribution in [1.82, 2.24) is 30.6 Å². The summed E-state index contributed by atoms with van der Waals surface area (Å²) in [7, 11) is 0. The molecule has 11 heteroatoms. The maximum atomic E-state index is 13.7. The average molecular weight is 483 g/mol. The van der Waals surface area contributed by atoms with E-state index < -0.39 is 0 Å². The number of carbonyl (C=O) groups is 2. The fourth-order valence-corrected chi connectivity index (χ4v) is 4.62. The number of benzene rings is 1. The number of halogens is 1. The molecule has 4 aromatic rings. The number of aryl methyl sites for hydroxylation is 1. The smallest absolute Gasteiger partial charge is 0.270 e. The van der Waals surface area contributed by atoms with Gasteiger partial charge in [-0.1, -0.05) is 18.2 Å². The van der Waals surface area contributed by atoms with E-state index >= 15 is 0 Å². The summed E-state index contributed by atoms with van der Waals surface area (Å²) in [5, 5.41) is 8.40. The van der Waals surface area contributed by atoms with Crippen LogP contribution in [-0.4, -0.2) is 38.3 Å². The minimum atomic E-state index is -0.341. The summed E-state index contributed by atoms with van der Waals surface area (Å²) < 4.78 is 13.7. The Hall–Kier alpha value is -3.57. The number of thiazole rings is 2. The second kappa shape index (κ2) is 10.4. The van der Waals surface area contributed by atoms with Gasteiger partial charge in [-0.05, 0) is 25.0 Å². The molecular formula is C22H19FN6O2S2. The summed E-state index contributed by atoms with van der Waals surface area (Å²) in [6.45, 7) is 2.24. The highest BCUT2D eigenvalue weighted by Crippen LogP contribution is 2.26. The van der Waals surface area contributed by atoms with Crippen LogP contribution in [0.5, 0.6) is 0 Å². The number of rotatable bonds is 8. The molecule has 0 atom stereocenters. The normalized spacial score (nSPS) is 10.7. The van der Waals surface area contributed by atoms with E-state index in [1.807, 2.05) is 0 Å². The second-order valence-electron chi connectivity index (χ2n) is 6.93. The molecule has 1 aromatic carbocycles. The highest BCUT2D eigenvalue weighted by molar-refractivity contribution is 7.17. The van der Waals surface area contributed by atoms with Crippen molar-refractivity contribution in [2.45, 2.75) is 19.9 Å². The molecule has 33 heavy (non-hydrogen) atoms. The summed E-state index contributed by atoms with van der Waals surface area (Å²) >= 11 is 2.52. The van der Waals surface area contributed by atoms with Crippen molar-refractivity contribution in [3.8, 4) is 10.7 Å². The van der Waals surface area contributed by atoms with E-state index in [4.69, 9.17) is 0 Å². The zero-order valence-electron chi connectivity index (χ0n) is 17.5. The van der Waals surface area contributed by atoms with Gasteiger partial charge in [0.05, 0.1) is 18.4 Å². The molecule has 0 bridgehead atoms. The van der Waals surface area contributed by atoms with Crippen LogP contribution in [0.4, 0.5) is 4.39 Å². The predicted octanol–water partition coefficient (Wildman–Crippen LogP) is 3.41. The van der Waals surface area contributed by atoms with Gasteiger partial charge in [0.15, 0.2) is 0 Å². The van der Waals surface area contributed by atoms with Gasteiger partial charge in [0.1, 0.15) is 32.1 Å². The third kappa shape index (κ3) is 5.62. The zero-order valence-corrected chi connectivity index (χ0v) is 19.2. The molecule has 2 amide bonds. The van der Waals surface area contributed by atoms with E-state index in [1.54, 1.807) is 49.1 Å². The van der Waals surface area contributed by atoms with E-state index in [-0.39, 0.29) is 29.9 Å². The van der Waals surface area contributed by atoms with Crippen molar-refractivity contribution in [3.63, 3.8) is 0 Å². The molecule has 0 aliphatic carbocycles. The summed E-state index contributed by atoms with van der Waals surface area (Å²) in [5.74, 6) is -0.906. The fourth-order valence-electron chi connectivity index (χ4n) is 2.96. The number of aromatic nitrogens is 4. The van der Waals surface area contributed by atoms with Gasteiger partial charge in [0.2, 0.25) is 0 Å². The Morgan fingerprint density at radius 1 is 1.09 bits per heavy atom. The van der Waals surface area contributed by atoms with Gasteiger partial charge >= 0.3 is 0 Å². The van der Waals surface area contributed by atoms with Gasteiger partial charge in [0, 0.05) is 24.3 Å². The Balaban J connectivity index is 1.30. The van der Waals surface area contributed by atoms with Gasteiger partial charge in [-0.2, -0.15) is 0 Å². The second-order valence-corrected chi connectivity index (χ2v) is 8.87. The molecule has 0 radical (unpaired) electrons. The molecule has 8 nitrogen and oxygen atoms in total. The molecule has 0 aliphatic heterocycles. The lowest BCUT2D eigenvalue weighted by molar-refractivity contribution is 0.0946. The SMILES string of the molecule is Cc1nc(-c2cnccn2)sc1C(=O)NCc1nc(C(=O)NCCc2ccccc2F)cs1. The quantitative estimate of drug-likeness (QED) is 0.398. The number of hydrogen-bond donors (Lipinski definition) is 2. The molecular weight excluding hydrogens is 463 g/mol. The average Bonchev–Trinajstić information content (AvgIpc) is 3.46. The summed E-state index contributed by atoms with van der Waals surface area (Å²) in [6.07, 6.45) is 5.12. The molecule has 0 fully saturated rings. The van der Waals surface area contributed by atoms with Crippen molar-refractivity contribution in [1.29, 1.82) is 0 Å². The molecule has 0 spiro atoms. The van der Waals surface area contributed by atoms with Crippen molar-refractivity contribution in [2.75, 3.05) is 6.54 Å². The lowest BCUT2D eigenvalue weighted by Gasteiger charge is -2.04. The topological polar surface area (TPSA) is 110 Å². The van der Waals surface area contributed by atoms with Gasteiger partial charge in [-0.3, -0.25) is 19.6 Å². The Morgan fingerprint density at radius 3 is 2.73 bits per heavy atom. The monoisotopic (exact) mass is 482 g/mol. The maximum absolute atomic E-state index is 13.7. The lowest BCUT2D eigenvalue weighted by atomic mass is 10.1. The molecule has 2 N–H and O–H groups in total. The largest absolute Gasteiger partial charge is 0.350 e. The first-order valence-electron chi connectivity index (χ1n) is 9.99. The zero-order chi connectivity index (χ0) is 23.2. The minimum absolute atomic E-state index is 0.184. The predicted molar refractivity (Wildman–Crippen MR) is 124 cm³/mol. The van der Waals surface area contributed by atoms with Crippen LogP contribution in [0.1, 0.15) is 36.4 Å². The Morgan fingerprint density at radius 2 is 1.94 bits per heavy atom. The first kappa shape index (κ1) is 22.6. The summed E-state index contributed by atoms with van der Waals surface area (Å²) in [4.78, 5) is 42.3. The Kier molecular flexibility index (Phi) is 7.10.